The second kappa shape index (κ2) is 11.2. The highest BCUT2D eigenvalue weighted by molar-refractivity contribution is 5.88. The maximum atomic E-state index is 12.1. The summed E-state index contributed by atoms with van der Waals surface area (Å²) in [5, 5.41) is 3.10. The fourth-order valence-corrected chi connectivity index (χ4v) is 3.61. The Balaban J connectivity index is 1.51. The van der Waals surface area contributed by atoms with Crippen molar-refractivity contribution in [3.8, 4) is 11.5 Å². The minimum absolute atomic E-state index is 0.0264. The number of allylic oxidation sites excluding steroid dienone is 2. The van der Waals surface area contributed by atoms with Crippen molar-refractivity contribution in [1.29, 1.82) is 0 Å². The molecule has 0 spiro atoms. The first-order chi connectivity index (χ1) is 14.6. The van der Waals surface area contributed by atoms with Crippen molar-refractivity contribution in [2.24, 2.45) is 5.92 Å². The molecule has 0 saturated heterocycles. The lowest BCUT2D eigenvalue weighted by Crippen LogP contribution is -2.36. The number of hydrogen-bond donors (Lipinski definition) is 1. The summed E-state index contributed by atoms with van der Waals surface area (Å²) in [6, 6.07) is 16.1. The van der Waals surface area contributed by atoms with Gasteiger partial charge in [-0.25, -0.2) is 0 Å². The summed E-state index contributed by atoms with van der Waals surface area (Å²) in [5.74, 6) is 2.14. The number of hydrogen-bond acceptors (Lipinski definition) is 3. The average Bonchev–Trinajstić information content (AvgIpc) is 2.78. The minimum atomic E-state index is -0.0264. The molecule has 1 fully saturated rings. The number of methoxy groups -OCH3 is 1. The Morgan fingerprint density at radius 2 is 1.80 bits per heavy atom. The summed E-state index contributed by atoms with van der Waals surface area (Å²) in [7, 11) is 1.63. The van der Waals surface area contributed by atoms with Gasteiger partial charge in [0.25, 0.3) is 0 Å². The van der Waals surface area contributed by atoms with E-state index >= 15 is 0 Å². The Kier molecular flexibility index (Phi) is 8.13. The summed E-state index contributed by atoms with van der Waals surface area (Å²) >= 11 is 0. The van der Waals surface area contributed by atoms with E-state index < -0.39 is 0 Å². The third kappa shape index (κ3) is 6.80. The van der Waals surface area contributed by atoms with E-state index in [1.165, 1.54) is 12.8 Å². The molecule has 0 aliphatic heterocycles. The van der Waals surface area contributed by atoms with Gasteiger partial charge < -0.3 is 14.8 Å². The zero-order valence-electron chi connectivity index (χ0n) is 17.8. The standard InChI is InChI=1S/C26H31NO3/c1-20-12-15-23(16-13-20)27-26(28)11-7-6-8-21-14-17-24(25(18-21)29-2)30-19-22-9-4-3-5-10-22/h3-11,14,17-18,20,23H,12-13,15-16,19H2,1-2H3,(H,27,28)/t20-,23-. The first kappa shape index (κ1) is 21.7. The van der Waals surface area contributed by atoms with E-state index in [0.717, 1.165) is 29.9 Å². The third-order valence-corrected chi connectivity index (χ3v) is 5.43. The van der Waals surface area contributed by atoms with Crippen LogP contribution in [0.3, 0.4) is 0 Å². The zero-order chi connectivity index (χ0) is 21.2. The summed E-state index contributed by atoms with van der Waals surface area (Å²) in [4.78, 5) is 12.1. The Labute approximate surface area is 179 Å². The second-order valence-corrected chi connectivity index (χ2v) is 7.87. The number of benzene rings is 2. The highest BCUT2D eigenvalue weighted by Crippen LogP contribution is 2.29. The zero-order valence-corrected chi connectivity index (χ0v) is 17.8. The van der Waals surface area contributed by atoms with E-state index in [4.69, 9.17) is 9.47 Å². The van der Waals surface area contributed by atoms with Crippen molar-refractivity contribution in [1.82, 2.24) is 5.32 Å². The molecule has 3 rings (SSSR count). The molecule has 0 radical (unpaired) electrons. The first-order valence-electron chi connectivity index (χ1n) is 10.6. The van der Waals surface area contributed by atoms with Gasteiger partial charge in [-0.1, -0.05) is 61.5 Å². The number of ether oxygens (including phenoxy) is 2. The highest BCUT2D eigenvalue weighted by Gasteiger charge is 2.18. The second-order valence-electron chi connectivity index (χ2n) is 7.87. The van der Waals surface area contributed by atoms with Crippen LogP contribution < -0.4 is 14.8 Å². The Morgan fingerprint density at radius 1 is 1.03 bits per heavy atom. The van der Waals surface area contributed by atoms with Gasteiger partial charge in [-0.15, -0.1) is 0 Å². The average molecular weight is 406 g/mol. The molecule has 0 heterocycles. The van der Waals surface area contributed by atoms with Crippen LogP contribution in [0.2, 0.25) is 0 Å². The molecule has 1 aliphatic carbocycles. The van der Waals surface area contributed by atoms with Crippen molar-refractivity contribution in [3.63, 3.8) is 0 Å². The van der Waals surface area contributed by atoms with Crippen molar-refractivity contribution in [2.75, 3.05) is 7.11 Å². The topological polar surface area (TPSA) is 47.6 Å². The van der Waals surface area contributed by atoms with Gasteiger partial charge in [0.05, 0.1) is 7.11 Å². The van der Waals surface area contributed by atoms with E-state index in [1.54, 1.807) is 19.3 Å². The molecule has 0 bridgehead atoms. The van der Waals surface area contributed by atoms with E-state index in [0.29, 0.717) is 24.1 Å². The van der Waals surface area contributed by atoms with E-state index in [2.05, 4.69) is 12.2 Å². The van der Waals surface area contributed by atoms with Crippen molar-refractivity contribution < 1.29 is 14.3 Å². The summed E-state index contributed by atoms with van der Waals surface area (Å²) < 4.78 is 11.4. The van der Waals surface area contributed by atoms with E-state index in [1.807, 2.05) is 60.7 Å². The molecule has 2 aromatic carbocycles. The van der Waals surface area contributed by atoms with Crippen LogP contribution in [0.4, 0.5) is 0 Å². The molecule has 1 aliphatic rings. The van der Waals surface area contributed by atoms with Gasteiger partial charge in [0, 0.05) is 12.1 Å². The molecule has 0 atom stereocenters. The molecule has 1 N–H and O–H groups in total. The Hall–Kier alpha value is -3.01. The van der Waals surface area contributed by atoms with Crippen molar-refractivity contribution in [2.45, 2.75) is 45.3 Å². The predicted octanol–water partition coefficient (Wildman–Crippen LogP) is 5.54. The van der Waals surface area contributed by atoms with Crippen LogP contribution in [-0.4, -0.2) is 19.1 Å². The number of amides is 1. The van der Waals surface area contributed by atoms with Gasteiger partial charge in [-0.3, -0.25) is 4.79 Å². The SMILES string of the molecule is COc1cc(C=CC=CC(=O)N[C@H]2CC[C@H](C)CC2)ccc1OCc1ccccc1. The number of carbonyl (C=O) groups is 1. The van der Waals surface area contributed by atoms with Gasteiger partial charge in [-0.05, 0) is 54.9 Å². The maximum absolute atomic E-state index is 12.1. The van der Waals surface area contributed by atoms with Crippen molar-refractivity contribution in [3.05, 3.63) is 77.9 Å². The Morgan fingerprint density at radius 3 is 2.53 bits per heavy atom. The molecule has 1 amide bonds. The molecule has 0 aromatic heterocycles. The molecule has 2 aromatic rings. The summed E-state index contributed by atoms with van der Waals surface area (Å²) in [6.07, 6.45) is 11.7. The third-order valence-electron chi connectivity index (χ3n) is 5.43. The molecular formula is C26H31NO3. The predicted molar refractivity (Wildman–Crippen MR) is 122 cm³/mol. The van der Waals surface area contributed by atoms with Gasteiger partial charge in [0.1, 0.15) is 6.61 Å². The molecule has 0 unspecified atom stereocenters. The smallest absolute Gasteiger partial charge is 0.244 e. The first-order valence-corrected chi connectivity index (χ1v) is 10.6. The maximum Gasteiger partial charge on any atom is 0.244 e. The Bertz CT molecular complexity index is 865. The van der Waals surface area contributed by atoms with Crippen LogP contribution in [0.1, 0.15) is 43.7 Å². The largest absolute Gasteiger partial charge is 0.493 e. The van der Waals surface area contributed by atoms with Crippen LogP contribution in [-0.2, 0) is 11.4 Å². The molecular weight excluding hydrogens is 374 g/mol. The highest BCUT2D eigenvalue weighted by atomic mass is 16.5. The van der Waals surface area contributed by atoms with Crippen molar-refractivity contribution >= 4 is 12.0 Å². The van der Waals surface area contributed by atoms with Gasteiger partial charge in [0.15, 0.2) is 11.5 Å². The minimum Gasteiger partial charge on any atom is -0.493 e. The van der Waals surface area contributed by atoms with Crippen LogP contribution in [0.5, 0.6) is 11.5 Å². The fourth-order valence-electron chi connectivity index (χ4n) is 3.61. The van der Waals surface area contributed by atoms with Gasteiger partial charge >= 0.3 is 0 Å². The van der Waals surface area contributed by atoms with E-state index in [-0.39, 0.29) is 5.91 Å². The quantitative estimate of drug-likeness (QED) is 0.463. The molecule has 4 heteroatoms. The van der Waals surface area contributed by atoms with Crippen LogP contribution in [0.25, 0.3) is 6.08 Å². The normalized spacial score (nSPS) is 19.1. The fraction of sp³-hybridized carbons (Fsp3) is 0.346. The number of carbonyl (C=O) groups excluding carboxylic acids is 1. The van der Waals surface area contributed by atoms with Gasteiger partial charge in [0.2, 0.25) is 5.91 Å². The number of nitrogens with one attached hydrogen (secondary N) is 1. The monoisotopic (exact) mass is 405 g/mol. The molecule has 4 nitrogen and oxygen atoms in total. The van der Waals surface area contributed by atoms with E-state index in [9.17, 15) is 4.79 Å². The molecule has 158 valence electrons. The van der Waals surface area contributed by atoms with Crippen LogP contribution >= 0.6 is 0 Å². The molecule has 30 heavy (non-hydrogen) atoms. The lowest BCUT2D eigenvalue weighted by molar-refractivity contribution is -0.117. The van der Waals surface area contributed by atoms with Crippen LogP contribution in [0.15, 0.2) is 66.8 Å². The molecule has 1 saturated carbocycles. The lowest BCUT2D eigenvalue weighted by atomic mass is 9.87. The number of rotatable bonds is 8. The van der Waals surface area contributed by atoms with Crippen LogP contribution in [0, 0.1) is 5.92 Å². The van der Waals surface area contributed by atoms with Gasteiger partial charge in [-0.2, -0.15) is 0 Å². The summed E-state index contributed by atoms with van der Waals surface area (Å²) in [5.41, 5.74) is 2.08. The lowest BCUT2D eigenvalue weighted by Gasteiger charge is -2.26. The summed E-state index contributed by atoms with van der Waals surface area (Å²) in [6.45, 7) is 2.77.